The van der Waals surface area contributed by atoms with Crippen LogP contribution in [0.3, 0.4) is 0 Å². The summed E-state index contributed by atoms with van der Waals surface area (Å²) in [4.78, 5) is 13.4. The van der Waals surface area contributed by atoms with Crippen LogP contribution >= 0.6 is 0 Å². The lowest BCUT2D eigenvalue weighted by molar-refractivity contribution is -0.130. The monoisotopic (exact) mass is 264 g/mol. The molecular weight excluding hydrogens is 240 g/mol. The molecule has 0 aliphatic carbocycles. The Morgan fingerprint density at radius 2 is 1.71 bits per heavy atom. The fourth-order valence-corrected chi connectivity index (χ4v) is 2.17. The lowest BCUT2D eigenvalue weighted by Crippen LogP contribution is -2.33. The van der Waals surface area contributed by atoms with Gasteiger partial charge in [0.1, 0.15) is 0 Å². The summed E-state index contributed by atoms with van der Waals surface area (Å²) >= 11 is 0. The summed E-state index contributed by atoms with van der Waals surface area (Å²) in [6, 6.07) is 0. The van der Waals surface area contributed by atoms with E-state index in [1.165, 1.54) is 0 Å². The van der Waals surface area contributed by atoms with Gasteiger partial charge in [0.25, 0.3) is 0 Å². The first-order valence-electron chi connectivity index (χ1n) is 6.15. The van der Waals surface area contributed by atoms with E-state index in [4.69, 9.17) is 0 Å². The van der Waals surface area contributed by atoms with E-state index in [1.807, 2.05) is 13.8 Å². The largest absolute Gasteiger partial charge is 0.343 e. The van der Waals surface area contributed by atoms with Gasteiger partial charge in [-0.3, -0.25) is 4.79 Å². The summed E-state index contributed by atoms with van der Waals surface area (Å²) in [5.41, 5.74) is 0. The van der Waals surface area contributed by atoms with Gasteiger partial charge in [-0.25, -0.2) is 8.42 Å². The predicted octanol–water partition coefficient (Wildman–Crippen LogP) is 0.269. The van der Waals surface area contributed by atoms with Crippen molar-refractivity contribution in [3.8, 4) is 0 Å². The number of nitrogens with zero attached hydrogens (tertiary/aromatic N) is 1. The van der Waals surface area contributed by atoms with Gasteiger partial charge in [0.05, 0.1) is 5.75 Å². The van der Waals surface area contributed by atoms with E-state index in [2.05, 4.69) is 5.32 Å². The Bertz CT molecular complexity index is 311. The van der Waals surface area contributed by atoms with E-state index in [0.29, 0.717) is 19.5 Å². The number of carbonyl (C=O) groups excluding carboxylic acids is 1. The topological polar surface area (TPSA) is 66.5 Å². The average Bonchev–Trinajstić information content (AvgIpc) is 2.30. The van der Waals surface area contributed by atoms with Crippen LogP contribution in [0.4, 0.5) is 0 Å². The van der Waals surface area contributed by atoms with Gasteiger partial charge in [0.2, 0.25) is 5.91 Å². The van der Waals surface area contributed by atoms with Crippen LogP contribution in [0.15, 0.2) is 0 Å². The van der Waals surface area contributed by atoms with Gasteiger partial charge >= 0.3 is 0 Å². The van der Waals surface area contributed by atoms with Crippen LogP contribution in [0.2, 0.25) is 0 Å². The molecule has 0 fully saturated rings. The molecule has 0 unspecified atom stereocenters. The molecular formula is C11H24N2O3S. The molecule has 0 aliphatic rings. The van der Waals surface area contributed by atoms with Crippen molar-refractivity contribution < 1.29 is 13.2 Å². The van der Waals surface area contributed by atoms with Crippen molar-refractivity contribution in [2.24, 2.45) is 0 Å². The number of nitrogens with one attached hydrogen (secondary N) is 1. The zero-order valence-electron chi connectivity index (χ0n) is 11.0. The van der Waals surface area contributed by atoms with Crippen LogP contribution in [-0.4, -0.2) is 56.9 Å². The molecule has 102 valence electrons. The molecule has 0 aromatic heterocycles. The smallest absolute Gasteiger partial charge is 0.223 e. The van der Waals surface area contributed by atoms with E-state index in [9.17, 15) is 13.2 Å². The molecule has 0 heterocycles. The summed E-state index contributed by atoms with van der Waals surface area (Å²) < 4.78 is 22.4. The Labute approximate surface area is 104 Å². The molecule has 0 saturated heterocycles. The number of amides is 1. The zero-order chi connectivity index (χ0) is 13.3. The average molecular weight is 264 g/mol. The summed E-state index contributed by atoms with van der Waals surface area (Å²) in [5.74, 6) is 0.427. The number of sulfone groups is 1. The van der Waals surface area contributed by atoms with E-state index in [0.717, 1.165) is 13.1 Å². The van der Waals surface area contributed by atoms with Gasteiger partial charge in [0, 0.05) is 38.4 Å². The van der Waals surface area contributed by atoms with Crippen LogP contribution < -0.4 is 5.32 Å². The molecule has 0 aliphatic heterocycles. The van der Waals surface area contributed by atoms with Crippen molar-refractivity contribution in [3.05, 3.63) is 0 Å². The fourth-order valence-electron chi connectivity index (χ4n) is 1.43. The number of rotatable bonds is 9. The molecule has 1 amide bonds. The molecule has 0 rings (SSSR count). The first-order valence-corrected chi connectivity index (χ1v) is 7.97. The van der Waals surface area contributed by atoms with Gasteiger partial charge in [-0.05, 0) is 13.8 Å². The number of hydrogen-bond donors (Lipinski definition) is 1. The molecule has 6 heteroatoms. The second-order valence-corrected chi connectivity index (χ2v) is 6.28. The maximum atomic E-state index is 11.6. The Morgan fingerprint density at radius 1 is 1.12 bits per heavy atom. The molecule has 0 aromatic rings. The highest BCUT2D eigenvalue weighted by Gasteiger charge is 2.09. The first-order chi connectivity index (χ1) is 7.96. The standard InChI is InChI=1S/C11H24N2O3S/c1-4-13(5-2)11(14)7-8-12-9-10-17(15,16)6-3/h12H,4-10H2,1-3H3. The third kappa shape index (κ3) is 7.33. The Balaban J connectivity index is 3.69. The molecule has 0 spiro atoms. The van der Waals surface area contributed by atoms with Gasteiger partial charge in [-0.2, -0.15) is 0 Å². The third-order valence-corrected chi connectivity index (χ3v) is 4.37. The Morgan fingerprint density at radius 3 is 2.18 bits per heavy atom. The van der Waals surface area contributed by atoms with Crippen LogP contribution in [-0.2, 0) is 14.6 Å². The normalized spacial score (nSPS) is 11.5. The van der Waals surface area contributed by atoms with Crippen molar-refractivity contribution in [1.29, 1.82) is 0 Å². The van der Waals surface area contributed by atoms with Gasteiger partial charge in [-0.15, -0.1) is 0 Å². The lowest BCUT2D eigenvalue weighted by atomic mass is 10.3. The first kappa shape index (κ1) is 16.4. The maximum Gasteiger partial charge on any atom is 0.223 e. The van der Waals surface area contributed by atoms with Crippen LogP contribution in [0, 0.1) is 0 Å². The lowest BCUT2D eigenvalue weighted by Gasteiger charge is -2.18. The second kappa shape index (κ2) is 8.47. The van der Waals surface area contributed by atoms with E-state index in [-0.39, 0.29) is 17.4 Å². The van der Waals surface area contributed by atoms with Gasteiger partial charge in [-0.1, -0.05) is 6.92 Å². The molecule has 0 radical (unpaired) electrons. The third-order valence-electron chi connectivity index (χ3n) is 2.66. The van der Waals surface area contributed by atoms with Crippen molar-refractivity contribution in [2.75, 3.05) is 37.7 Å². The number of carbonyl (C=O) groups is 1. The van der Waals surface area contributed by atoms with E-state index < -0.39 is 9.84 Å². The minimum Gasteiger partial charge on any atom is -0.343 e. The van der Waals surface area contributed by atoms with Crippen LogP contribution in [0.5, 0.6) is 0 Å². The molecule has 0 saturated carbocycles. The van der Waals surface area contributed by atoms with Crippen molar-refractivity contribution in [3.63, 3.8) is 0 Å². The highest BCUT2D eigenvalue weighted by Crippen LogP contribution is 1.93. The molecule has 1 N–H and O–H groups in total. The van der Waals surface area contributed by atoms with Crippen LogP contribution in [0.1, 0.15) is 27.2 Å². The SMILES string of the molecule is CCN(CC)C(=O)CCNCCS(=O)(=O)CC. The highest BCUT2D eigenvalue weighted by molar-refractivity contribution is 7.91. The molecule has 5 nitrogen and oxygen atoms in total. The second-order valence-electron chi connectivity index (χ2n) is 3.80. The van der Waals surface area contributed by atoms with Crippen LogP contribution in [0.25, 0.3) is 0 Å². The van der Waals surface area contributed by atoms with Gasteiger partial charge < -0.3 is 10.2 Å². The fraction of sp³-hybridized carbons (Fsp3) is 0.909. The van der Waals surface area contributed by atoms with E-state index >= 15 is 0 Å². The predicted molar refractivity (Wildman–Crippen MR) is 69.7 cm³/mol. The van der Waals surface area contributed by atoms with Crippen molar-refractivity contribution in [1.82, 2.24) is 10.2 Å². The summed E-state index contributed by atoms with van der Waals surface area (Å²) in [6.07, 6.45) is 0.424. The molecule has 0 bridgehead atoms. The zero-order valence-corrected chi connectivity index (χ0v) is 11.8. The molecule has 0 aromatic carbocycles. The highest BCUT2D eigenvalue weighted by atomic mass is 32.2. The molecule has 0 atom stereocenters. The van der Waals surface area contributed by atoms with E-state index in [1.54, 1.807) is 11.8 Å². The van der Waals surface area contributed by atoms with Crippen molar-refractivity contribution in [2.45, 2.75) is 27.2 Å². The molecule has 17 heavy (non-hydrogen) atoms. The van der Waals surface area contributed by atoms with Gasteiger partial charge in [0.15, 0.2) is 9.84 Å². The maximum absolute atomic E-state index is 11.6. The summed E-state index contributed by atoms with van der Waals surface area (Å²) in [7, 11) is -2.90. The summed E-state index contributed by atoms with van der Waals surface area (Å²) in [6.45, 7) is 7.93. The minimum absolute atomic E-state index is 0.112. The quantitative estimate of drug-likeness (QED) is 0.607. The number of hydrogen-bond acceptors (Lipinski definition) is 4. The Kier molecular flexibility index (Phi) is 8.16. The minimum atomic E-state index is -2.90. The van der Waals surface area contributed by atoms with Crippen molar-refractivity contribution >= 4 is 15.7 Å². The summed E-state index contributed by atoms with van der Waals surface area (Å²) in [5, 5.41) is 2.98. The Hall–Kier alpha value is -0.620.